The zero-order valence-corrected chi connectivity index (χ0v) is 22.1. The van der Waals surface area contributed by atoms with Gasteiger partial charge >= 0.3 is 0 Å². The minimum Gasteiger partial charge on any atom is -0.488 e. The van der Waals surface area contributed by atoms with E-state index >= 15 is 0 Å². The third-order valence-corrected chi connectivity index (χ3v) is 5.58. The molecule has 3 aromatic rings. The molecule has 0 fully saturated rings. The van der Waals surface area contributed by atoms with E-state index in [-0.39, 0.29) is 18.1 Å². The summed E-state index contributed by atoms with van der Waals surface area (Å²) in [4.78, 5) is 19.9. The fourth-order valence-corrected chi connectivity index (χ4v) is 4.06. The molecular formula is C29H39N3O4. The molecule has 1 aromatic heterocycles. The lowest BCUT2D eigenvalue weighted by Gasteiger charge is -2.30. The molecule has 1 atom stereocenters. The number of aromatic nitrogens is 1. The van der Waals surface area contributed by atoms with Crippen LogP contribution in [0.5, 0.6) is 5.75 Å². The van der Waals surface area contributed by atoms with Crippen LogP contribution >= 0.6 is 0 Å². The summed E-state index contributed by atoms with van der Waals surface area (Å²) in [5.74, 6) is 0.620. The van der Waals surface area contributed by atoms with E-state index in [4.69, 9.17) is 19.9 Å². The lowest BCUT2D eigenvalue weighted by Crippen LogP contribution is -2.48. The molecule has 0 saturated heterocycles. The fourth-order valence-electron chi connectivity index (χ4n) is 4.06. The molecule has 0 unspecified atom stereocenters. The lowest BCUT2D eigenvalue weighted by atomic mass is 10.0. The second kappa shape index (κ2) is 12.8. The summed E-state index contributed by atoms with van der Waals surface area (Å²) >= 11 is 0. The minimum atomic E-state index is -0.716. The topological polar surface area (TPSA) is 86.9 Å². The van der Waals surface area contributed by atoms with Gasteiger partial charge in [-0.1, -0.05) is 36.4 Å². The number of carbonyl (C=O) groups is 1. The highest BCUT2D eigenvalue weighted by Crippen LogP contribution is 2.21. The number of hydrogen-bond donors (Lipinski definition) is 1. The van der Waals surface area contributed by atoms with Crippen LogP contribution in [0, 0.1) is 0 Å². The Bertz CT molecular complexity index is 1100. The van der Waals surface area contributed by atoms with Crippen molar-refractivity contribution in [2.24, 2.45) is 5.73 Å². The van der Waals surface area contributed by atoms with E-state index in [9.17, 15) is 4.79 Å². The van der Waals surface area contributed by atoms with E-state index in [2.05, 4.69) is 4.98 Å². The van der Waals surface area contributed by atoms with Gasteiger partial charge in [0.05, 0.1) is 18.1 Å². The SMILES string of the molecule is CCOC(CN(Cc1cccc2cccnc12)C(=O)[C@@H](N)Cc1ccc(OC(C)(C)C)cc1)OCC. The van der Waals surface area contributed by atoms with Crippen molar-refractivity contribution in [3.05, 3.63) is 71.9 Å². The molecule has 0 saturated carbocycles. The van der Waals surface area contributed by atoms with Gasteiger partial charge in [-0.3, -0.25) is 9.78 Å². The van der Waals surface area contributed by atoms with Crippen LogP contribution in [0.4, 0.5) is 0 Å². The monoisotopic (exact) mass is 493 g/mol. The first-order valence-corrected chi connectivity index (χ1v) is 12.6. The van der Waals surface area contributed by atoms with E-state index in [0.717, 1.165) is 27.8 Å². The van der Waals surface area contributed by atoms with Crippen LogP contribution in [0.1, 0.15) is 45.7 Å². The molecule has 0 aliphatic carbocycles. The molecule has 2 aromatic carbocycles. The highest BCUT2D eigenvalue weighted by Gasteiger charge is 2.26. The number of carbonyl (C=O) groups excluding carboxylic acids is 1. The van der Waals surface area contributed by atoms with Gasteiger partial charge in [0.2, 0.25) is 5.91 Å². The highest BCUT2D eigenvalue weighted by atomic mass is 16.7. The average Bonchev–Trinajstić information content (AvgIpc) is 2.84. The van der Waals surface area contributed by atoms with Crippen molar-refractivity contribution in [1.82, 2.24) is 9.88 Å². The Morgan fingerprint density at radius 3 is 2.31 bits per heavy atom. The van der Waals surface area contributed by atoms with Crippen molar-refractivity contribution >= 4 is 16.8 Å². The fraction of sp³-hybridized carbons (Fsp3) is 0.448. The van der Waals surface area contributed by atoms with E-state index in [1.165, 1.54) is 0 Å². The van der Waals surface area contributed by atoms with Gasteiger partial charge in [0.25, 0.3) is 0 Å². The van der Waals surface area contributed by atoms with Gasteiger partial charge in [0.1, 0.15) is 11.4 Å². The third-order valence-electron chi connectivity index (χ3n) is 5.58. The number of benzene rings is 2. The molecule has 7 heteroatoms. The number of fused-ring (bicyclic) bond motifs is 1. The molecule has 0 aliphatic heterocycles. The molecule has 36 heavy (non-hydrogen) atoms. The van der Waals surface area contributed by atoms with Crippen molar-refractivity contribution in [1.29, 1.82) is 0 Å². The Kier molecular flexibility index (Phi) is 9.81. The quantitative estimate of drug-likeness (QED) is 0.368. The Hall–Kier alpha value is -3.00. The van der Waals surface area contributed by atoms with Gasteiger partial charge in [-0.2, -0.15) is 0 Å². The number of ether oxygens (including phenoxy) is 3. The maximum Gasteiger partial charge on any atom is 0.240 e. The molecule has 7 nitrogen and oxygen atoms in total. The second-order valence-electron chi connectivity index (χ2n) is 9.72. The molecule has 194 valence electrons. The maximum atomic E-state index is 13.6. The predicted molar refractivity (Wildman–Crippen MR) is 143 cm³/mol. The van der Waals surface area contributed by atoms with Crippen LogP contribution in [-0.2, 0) is 27.2 Å². The average molecular weight is 494 g/mol. The van der Waals surface area contributed by atoms with Gasteiger partial charge in [0.15, 0.2) is 6.29 Å². The van der Waals surface area contributed by atoms with Crippen LogP contribution in [0.25, 0.3) is 10.9 Å². The minimum absolute atomic E-state index is 0.164. The normalized spacial score (nSPS) is 12.6. The zero-order chi connectivity index (χ0) is 26.1. The number of pyridine rings is 1. The van der Waals surface area contributed by atoms with Crippen molar-refractivity contribution < 1.29 is 19.0 Å². The highest BCUT2D eigenvalue weighted by molar-refractivity contribution is 5.84. The first kappa shape index (κ1) is 27.6. The first-order valence-electron chi connectivity index (χ1n) is 12.6. The van der Waals surface area contributed by atoms with Crippen LogP contribution in [0.3, 0.4) is 0 Å². The van der Waals surface area contributed by atoms with Gasteiger partial charge in [0, 0.05) is 31.3 Å². The first-order chi connectivity index (χ1) is 17.2. The second-order valence-corrected chi connectivity index (χ2v) is 9.72. The Morgan fingerprint density at radius 1 is 1.00 bits per heavy atom. The molecule has 0 bridgehead atoms. The van der Waals surface area contributed by atoms with Crippen molar-refractivity contribution in [2.75, 3.05) is 19.8 Å². The van der Waals surface area contributed by atoms with E-state index in [1.54, 1.807) is 11.1 Å². The van der Waals surface area contributed by atoms with Crippen molar-refractivity contribution in [3.63, 3.8) is 0 Å². The van der Waals surface area contributed by atoms with Gasteiger partial charge in [-0.25, -0.2) is 0 Å². The molecular weight excluding hydrogens is 454 g/mol. The predicted octanol–water partition coefficient (Wildman–Crippen LogP) is 4.71. The van der Waals surface area contributed by atoms with Gasteiger partial charge < -0.3 is 24.8 Å². The molecule has 2 N–H and O–H groups in total. The summed E-state index contributed by atoms with van der Waals surface area (Å²) in [6, 6.07) is 16.9. The zero-order valence-electron chi connectivity index (χ0n) is 22.1. The number of hydrogen-bond acceptors (Lipinski definition) is 6. The number of nitrogens with two attached hydrogens (primary N) is 1. The van der Waals surface area contributed by atoms with E-state index in [1.807, 2.05) is 89.2 Å². The van der Waals surface area contributed by atoms with Crippen LogP contribution in [0.15, 0.2) is 60.8 Å². The summed E-state index contributed by atoms with van der Waals surface area (Å²) in [5, 5.41) is 1.02. The van der Waals surface area contributed by atoms with Gasteiger partial charge in [-0.15, -0.1) is 0 Å². The number of nitrogens with zero attached hydrogens (tertiary/aromatic N) is 2. The van der Waals surface area contributed by atoms with Crippen molar-refractivity contribution in [2.45, 2.75) is 65.5 Å². The molecule has 1 heterocycles. The molecule has 3 rings (SSSR count). The molecule has 0 aliphatic rings. The number of amides is 1. The summed E-state index contributed by atoms with van der Waals surface area (Å²) in [5.41, 5.74) is 8.97. The molecule has 0 spiro atoms. The Morgan fingerprint density at radius 2 is 1.67 bits per heavy atom. The van der Waals surface area contributed by atoms with E-state index < -0.39 is 12.3 Å². The lowest BCUT2D eigenvalue weighted by molar-refractivity contribution is -0.160. The number of para-hydroxylation sites is 1. The Balaban J connectivity index is 1.80. The standard InChI is InChI=1S/C29H39N3O4/c1-6-34-26(35-7-2)20-32(19-23-11-8-10-22-12-9-17-31-27(22)23)28(33)25(30)18-21-13-15-24(16-14-21)36-29(3,4)5/h8-17,25-26H,6-7,18-20,30H2,1-5H3/t25-/m0/s1. The Labute approximate surface area is 214 Å². The summed E-state index contributed by atoms with van der Waals surface area (Å²) in [7, 11) is 0. The summed E-state index contributed by atoms with van der Waals surface area (Å²) in [6.07, 6.45) is 1.64. The third kappa shape index (κ3) is 8.01. The summed E-state index contributed by atoms with van der Waals surface area (Å²) < 4.78 is 17.4. The molecule has 0 radical (unpaired) electrons. The van der Waals surface area contributed by atoms with Crippen LogP contribution < -0.4 is 10.5 Å². The largest absolute Gasteiger partial charge is 0.488 e. The van der Waals surface area contributed by atoms with Gasteiger partial charge in [-0.05, 0) is 70.4 Å². The maximum absolute atomic E-state index is 13.6. The smallest absolute Gasteiger partial charge is 0.240 e. The molecule has 1 amide bonds. The van der Waals surface area contributed by atoms with Crippen LogP contribution in [-0.4, -0.2) is 53.5 Å². The summed E-state index contributed by atoms with van der Waals surface area (Å²) in [6.45, 7) is 11.4. The van der Waals surface area contributed by atoms with E-state index in [0.29, 0.717) is 26.2 Å². The number of rotatable bonds is 12. The van der Waals surface area contributed by atoms with Crippen LogP contribution in [0.2, 0.25) is 0 Å². The van der Waals surface area contributed by atoms with Crippen molar-refractivity contribution in [3.8, 4) is 5.75 Å².